The number of rotatable bonds is 2. The third-order valence-electron chi connectivity index (χ3n) is 4.80. The molecule has 1 aliphatic heterocycles. The van der Waals surface area contributed by atoms with Crippen molar-refractivity contribution >= 4 is 22.6 Å². The first-order valence-electron chi connectivity index (χ1n) is 6.99. The Hall–Kier alpha value is -1.34. The van der Waals surface area contributed by atoms with Gasteiger partial charge in [-0.15, -0.1) is 0 Å². The Morgan fingerprint density at radius 3 is 2.45 bits per heavy atom. The monoisotopic (exact) mass is 329 g/mol. The van der Waals surface area contributed by atoms with E-state index in [1.165, 1.54) is 17.8 Å². The van der Waals surface area contributed by atoms with Gasteiger partial charge >= 0.3 is 0 Å². The summed E-state index contributed by atoms with van der Waals surface area (Å²) in [5.41, 5.74) is 10.6. The lowest BCUT2D eigenvalue weighted by molar-refractivity contribution is 0.0967. The maximum absolute atomic E-state index is 14.4. The molecule has 22 heavy (non-hydrogen) atoms. The number of hydrogen-bond acceptors (Lipinski definition) is 5. The van der Waals surface area contributed by atoms with Crippen LogP contribution in [0.15, 0.2) is 17.1 Å². The van der Waals surface area contributed by atoms with Crippen LogP contribution in [0.4, 0.5) is 14.5 Å². The molecule has 0 saturated heterocycles. The van der Waals surface area contributed by atoms with E-state index in [1.54, 1.807) is 13.8 Å². The molecule has 0 bridgehead atoms. The zero-order chi connectivity index (χ0) is 16.9. The van der Waals surface area contributed by atoms with Crippen molar-refractivity contribution < 1.29 is 13.9 Å². The van der Waals surface area contributed by atoms with Gasteiger partial charge in [0.15, 0.2) is 16.8 Å². The number of anilines is 1. The molecule has 1 aromatic carbocycles. The topological polar surface area (TPSA) is 84.6 Å². The fourth-order valence-electron chi connectivity index (χ4n) is 2.94. The van der Waals surface area contributed by atoms with E-state index in [9.17, 15) is 13.9 Å². The van der Waals surface area contributed by atoms with Crippen LogP contribution in [-0.2, 0) is 5.54 Å². The Kier molecular flexibility index (Phi) is 4.16. The molecule has 4 atom stereocenters. The molecule has 0 aromatic heterocycles. The first kappa shape index (κ1) is 17.0. The Morgan fingerprint density at radius 2 is 1.91 bits per heavy atom. The summed E-state index contributed by atoms with van der Waals surface area (Å²) in [4.78, 5) is 4.37. The quantitative estimate of drug-likeness (QED) is 0.728. The van der Waals surface area contributed by atoms with Crippen molar-refractivity contribution in [1.29, 1.82) is 0 Å². The molecule has 5 N–H and O–H groups in total. The second-order valence-electron chi connectivity index (χ2n) is 6.15. The van der Waals surface area contributed by atoms with Gasteiger partial charge in [-0.2, -0.15) is 0 Å². The van der Waals surface area contributed by atoms with E-state index in [0.717, 1.165) is 6.07 Å². The number of aliphatic hydroxyl groups excluding tert-OH is 1. The van der Waals surface area contributed by atoms with E-state index in [0.29, 0.717) is 0 Å². The van der Waals surface area contributed by atoms with Crippen molar-refractivity contribution in [2.24, 2.45) is 16.6 Å². The van der Waals surface area contributed by atoms with Gasteiger partial charge in [-0.3, -0.25) is 4.99 Å². The maximum atomic E-state index is 14.4. The van der Waals surface area contributed by atoms with Crippen LogP contribution in [0.3, 0.4) is 0 Å². The highest BCUT2D eigenvalue weighted by Gasteiger charge is 2.52. The van der Waals surface area contributed by atoms with Gasteiger partial charge in [0.05, 0.1) is 16.4 Å². The van der Waals surface area contributed by atoms with Crippen LogP contribution in [0.2, 0.25) is 0 Å². The summed E-state index contributed by atoms with van der Waals surface area (Å²) < 4.78 is 27.4. The molecule has 1 aliphatic rings. The molecule has 7 heteroatoms. The van der Waals surface area contributed by atoms with E-state index in [4.69, 9.17) is 11.5 Å². The molecule has 1 aromatic rings. The molecule has 1 unspecified atom stereocenters. The zero-order valence-corrected chi connectivity index (χ0v) is 13.8. The molecule has 0 fully saturated rings. The van der Waals surface area contributed by atoms with Gasteiger partial charge in [0.2, 0.25) is 0 Å². The van der Waals surface area contributed by atoms with Crippen LogP contribution in [0, 0.1) is 17.6 Å². The van der Waals surface area contributed by atoms with Crippen LogP contribution in [0.1, 0.15) is 33.3 Å². The predicted octanol–water partition coefficient (Wildman–Crippen LogP) is 2.60. The third-order valence-corrected chi connectivity index (χ3v) is 6.23. The van der Waals surface area contributed by atoms with Crippen LogP contribution < -0.4 is 11.5 Å². The highest BCUT2D eigenvalue weighted by atomic mass is 32.2. The van der Waals surface area contributed by atoms with Crippen molar-refractivity contribution in [3.8, 4) is 0 Å². The summed E-state index contributed by atoms with van der Waals surface area (Å²) >= 11 is 1.25. The Morgan fingerprint density at radius 1 is 1.32 bits per heavy atom. The number of aliphatic hydroxyl groups is 1. The van der Waals surface area contributed by atoms with Gasteiger partial charge in [-0.1, -0.05) is 18.7 Å². The standard InChI is InChI=1S/C15H21F2N3OS/c1-7-14(3,10-5-9(18)6-11(16)12(10)17)20-13(19)22-15(7,4)8(2)21/h5-8,21H,18H2,1-4H3,(H2,19,20)/t7?,8-,14+,15+/m1/s1. The van der Waals surface area contributed by atoms with Gasteiger partial charge in [-0.25, -0.2) is 8.78 Å². The van der Waals surface area contributed by atoms with E-state index in [-0.39, 0.29) is 22.3 Å². The number of nitrogens with two attached hydrogens (primary N) is 2. The summed E-state index contributed by atoms with van der Waals surface area (Å²) in [5.74, 6) is -2.32. The Labute approximate surface area is 133 Å². The lowest BCUT2D eigenvalue weighted by Crippen LogP contribution is -2.53. The lowest BCUT2D eigenvalue weighted by atomic mass is 9.72. The second-order valence-corrected chi connectivity index (χ2v) is 7.65. The SMILES string of the molecule is CC1[C@@](C)([C@@H](C)O)SC(N)=N[C@]1(C)c1cc(N)cc(F)c1F. The molecule has 2 rings (SSSR count). The number of thioether (sulfide) groups is 1. The van der Waals surface area contributed by atoms with Crippen molar-refractivity contribution in [2.45, 2.75) is 44.1 Å². The fourth-order valence-corrected chi connectivity index (χ4v) is 4.20. The summed E-state index contributed by atoms with van der Waals surface area (Å²) in [6.45, 7) is 7.02. The highest BCUT2D eigenvalue weighted by Crippen LogP contribution is 2.51. The summed E-state index contributed by atoms with van der Waals surface area (Å²) in [7, 11) is 0. The molecular formula is C15H21F2N3OS. The first-order valence-corrected chi connectivity index (χ1v) is 7.81. The Balaban J connectivity index is 2.69. The Bertz CT molecular complexity index is 637. The molecule has 0 saturated carbocycles. The number of nitrogens with zero attached hydrogens (tertiary/aromatic N) is 1. The zero-order valence-electron chi connectivity index (χ0n) is 13.0. The maximum Gasteiger partial charge on any atom is 0.164 e. The number of benzene rings is 1. The lowest BCUT2D eigenvalue weighted by Gasteiger charge is -2.48. The van der Waals surface area contributed by atoms with E-state index in [2.05, 4.69) is 4.99 Å². The average molecular weight is 329 g/mol. The molecule has 1 heterocycles. The van der Waals surface area contributed by atoms with Crippen LogP contribution in [0.5, 0.6) is 0 Å². The van der Waals surface area contributed by atoms with Gasteiger partial charge in [-0.05, 0) is 32.9 Å². The summed E-state index contributed by atoms with van der Waals surface area (Å²) in [5, 5.41) is 10.4. The first-order chi connectivity index (χ1) is 10.0. The number of halogens is 2. The predicted molar refractivity (Wildman–Crippen MR) is 86.6 cm³/mol. The third kappa shape index (κ3) is 2.46. The molecule has 4 nitrogen and oxygen atoms in total. The van der Waals surface area contributed by atoms with E-state index >= 15 is 0 Å². The summed E-state index contributed by atoms with van der Waals surface area (Å²) in [6, 6.07) is 2.31. The molecule has 0 radical (unpaired) electrons. The minimum atomic E-state index is -1.12. The number of amidine groups is 1. The largest absolute Gasteiger partial charge is 0.399 e. The normalized spacial score (nSPS) is 33.4. The van der Waals surface area contributed by atoms with Gasteiger partial charge in [0.1, 0.15) is 0 Å². The minimum Gasteiger partial charge on any atom is -0.399 e. The van der Waals surface area contributed by atoms with Crippen LogP contribution >= 0.6 is 11.8 Å². The smallest absolute Gasteiger partial charge is 0.164 e. The summed E-state index contributed by atoms with van der Waals surface area (Å²) in [6.07, 6.45) is -0.713. The number of hydrogen-bond donors (Lipinski definition) is 3. The van der Waals surface area contributed by atoms with E-state index in [1.807, 2.05) is 13.8 Å². The second kappa shape index (κ2) is 5.38. The van der Waals surface area contributed by atoms with Gasteiger partial charge in [0, 0.05) is 17.2 Å². The van der Waals surface area contributed by atoms with Crippen molar-refractivity contribution in [2.75, 3.05) is 5.73 Å². The minimum absolute atomic E-state index is 0.0487. The van der Waals surface area contributed by atoms with Gasteiger partial charge < -0.3 is 16.6 Å². The number of aliphatic imine (C=N–C) groups is 1. The van der Waals surface area contributed by atoms with Crippen LogP contribution in [0.25, 0.3) is 0 Å². The average Bonchev–Trinajstić information content (AvgIpc) is 2.39. The van der Waals surface area contributed by atoms with Crippen molar-refractivity contribution in [1.82, 2.24) is 0 Å². The van der Waals surface area contributed by atoms with Crippen molar-refractivity contribution in [3.05, 3.63) is 29.3 Å². The molecule has 0 spiro atoms. The fraction of sp³-hybridized carbons (Fsp3) is 0.533. The molecule has 0 aliphatic carbocycles. The molecule has 122 valence electrons. The van der Waals surface area contributed by atoms with Crippen LogP contribution in [-0.4, -0.2) is 21.1 Å². The molecule has 0 amide bonds. The highest BCUT2D eigenvalue weighted by molar-refractivity contribution is 8.15. The van der Waals surface area contributed by atoms with Gasteiger partial charge in [0.25, 0.3) is 0 Å². The molecular weight excluding hydrogens is 308 g/mol. The van der Waals surface area contributed by atoms with E-state index < -0.39 is 28.0 Å². The van der Waals surface area contributed by atoms with Crippen molar-refractivity contribution in [3.63, 3.8) is 0 Å². The number of nitrogen functional groups attached to an aromatic ring is 1.